The van der Waals surface area contributed by atoms with Gasteiger partial charge in [-0.1, -0.05) is 11.6 Å². The summed E-state index contributed by atoms with van der Waals surface area (Å²) in [6.07, 6.45) is 0. The first-order valence-electron chi connectivity index (χ1n) is 6.20. The summed E-state index contributed by atoms with van der Waals surface area (Å²) >= 11 is 5.90. The fourth-order valence-electron chi connectivity index (χ4n) is 1.82. The Morgan fingerprint density at radius 3 is 2.90 bits per heavy atom. The first kappa shape index (κ1) is 14.4. The average molecular weight is 295 g/mol. The Morgan fingerprint density at radius 2 is 2.20 bits per heavy atom. The Morgan fingerprint density at radius 1 is 1.45 bits per heavy atom. The number of phenols is 1. The van der Waals surface area contributed by atoms with Gasteiger partial charge in [0.2, 0.25) is 0 Å². The van der Waals surface area contributed by atoms with Gasteiger partial charge in [0.05, 0.1) is 13.2 Å². The number of carbonyl (C=O) groups is 1. The van der Waals surface area contributed by atoms with Crippen LogP contribution < -0.4 is 0 Å². The predicted molar refractivity (Wildman–Crippen MR) is 75.1 cm³/mol. The average Bonchev–Trinajstić information content (AvgIpc) is 2.76. The van der Waals surface area contributed by atoms with Gasteiger partial charge in [0.25, 0.3) is 0 Å². The number of phenolic OH excluding ortho intramolecular Hbond substituents is 1. The number of esters is 1. The molecule has 0 saturated heterocycles. The lowest BCUT2D eigenvalue weighted by Gasteiger charge is -2.07. The summed E-state index contributed by atoms with van der Waals surface area (Å²) in [6, 6.07) is 6.46. The highest BCUT2D eigenvalue weighted by molar-refractivity contribution is 6.30. The van der Waals surface area contributed by atoms with Crippen LogP contribution in [-0.4, -0.2) is 27.5 Å². The van der Waals surface area contributed by atoms with Crippen LogP contribution in [0.25, 0.3) is 0 Å². The number of hydrogen-bond acceptors (Lipinski definition) is 4. The molecule has 0 radical (unpaired) electrons. The van der Waals surface area contributed by atoms with Crippen molar-refractivity contribution in [3.05, 3.63) is 46.2 Å². The maximum Gasteiger partial charge on any atom is 0.358 e. The number of rotatable bonds is 4. The van der Waals surface area contributed by atoms with Crippen molar-refractivity contribution in [1.82, 2.24) is 9.78 Å². The van der Waals surface area contributed by atoms with Crippen LogP contribution in [-0.2, 0) is 11.3 Å². The molecular formula is C14H15ClN2O3. The van der Waals surface area contributed by atoms with E-state index in [-0.39, 0.29) is 11.4 Å². The fraction of sp³-hybridized carbons (Fsp3) is 0.286. The zero-order valence-corrected chi connectivity index (χ0v) is 12.0. The highest BCUT2D eigenvalue weighted by Crippen LogP contribution is 2.22. The molecule has 6 heteroatoms. The van der Waals surface area contributed by atoms with Crippen LogP contribution in [0.5, 0.6) is 5.75 Å². The summed E-state index contributed by atoms with van der Waals surface area (Å²) in [5.74, 6) is -0.313. The van der Waals surface area contributed by atoms with E-state index in [1.807, 2.05) is 6.92 Å². The summed E-state index contributed by atoms with van der Waals surface area (Å²) in [7, 11) is 0. The topological polar surface area (TPSA) is 64.3 Å². The molecule has 1 aromatic heterocycles. The standard InChI is InChI=1S/C14H15ClN2O3/c1-3-20-14(19)12-6-9(2)17(16-12)8-10-7-11(15)4-5-13(10)18/h4-7,18H,3,8H2,1-2H3. The number of nitrogens with zero attached hydrogens (tertiary/aromatic N) is 2. The number of halogens is 1. The van der Waals surface area contributed by atoms with E-state index in [9.17, 15) is 9.90 Å². The molecule has 106 valence electrons. The molecule has 20 heavy (non-hydrogen) atoms. The van der Waals surface area contributed by atoms with E-state index in [1.54, 1.807) is 29.8 Å². The molecule has 1 heterocycles. The number of aryl methyl sites for hydroxylation is 1. The van der Waals surface area contributed by atoms with Crippen molar-refractivity contribution in [1.29, 1.82) is 0 Å². The Labute approximate surface area is 121 Å². The van der Waals surface area contributed by atoms with Gasteiger partial charge < -0.3 is 9.84 Å². The Hall–Kier alpha value is -2.01. The van der Waals surface area contributed by atoms with Gasteiger partial charge in [-0.3, -0.25) is 4.68 Å². The van der Waals surface area contributed by atoms with E-state index < -0.39 is 5.97 Å². The molecule has 0 amide bonds. The normalized spacial score (nSPS) is 10.6. The van der Waals surface area contributed by atoms with E-state index in [4.69, 9.17) is 16.3 Å². The number of benzene rings is 1. The van der Waals surface area contributed by atoms with E-state index in [0.717, 1.165) is 5.69 Å². The second kappa shape index (κ2) is 5.96. The third-order valence-electron chi connectivity index (χ3n) is 2.83. The molecule has 1 N–H and O–H groups in total. The number of ether oxygens (including phenoxy) is 1. The zero-order chi connectivity index (χ0) is 14.7. The van der Waals surface area contributed by atoms with Gasteiger partial charge in [-0.2, -0.15) is 5.10 Å². The Kier molecular flexibility index (Phi) is 4.29. The number of aromatic hydroxyl groups is 1. The lowest BCUT2D eigenvalue weighted by molar-refractivity contribution is 0.0518. The minimum Gasteiger partial charge on any atom is -0.508 e. The maximum atomic E-state index is 11.6. The zero-order valence-electron chi connectivity index (χ0n) is 11.3. The highest BCUT2D eigenvalue weighted by atomic mass is 35.5. The maximum absolute atomic E-state index is 11.6. The van der Waals surface area contributed by atoms with Crippen molar-refractivity contribution < 1.29 is 14.6 Å². The van der Waals surface area contributed by atoms with Crippen molar-refractivity contribution in [3.63, 3.8) is 0 Å². The minimum absolute atomic E-state index is 0.141. The third-order valence-corrected chi connectivity index (χ3v) is 3.06. The van der Waals surface area contributed by atoms with Crippen LogP contribution in [0.4, 0.5) is 0 Å². The van der Waals surface area contributed by atoms with E-state index in [2.05, 4.69) is 5.10 Å². The van der Waals surface area contributed by atoms with Crippen molar-refractivity contribution in [3.8, 4) is 5.75 Å². The molecule has 0 saturated carbocycles. The molecule has 2 aromatic rings. The molecular weight excluding hydrogens is 280 g/mol. The van der Waals surface area contributed by atoms with Gasteiger partial charge in [0, 0.05) is 16.3 Å². The van der Waals surface area contributed by atoms with E-state index in [1.165, 1.54) is 6.07 Å². The molecule has 1 aromatic carbocycles. The summed E-state index contributed by atoms with van der Waals surface area (Å²) in [5.41, 5.74) is 1.69. The van der Waals surface area contributed by atoms with Gasteiger partial charge in [-0.15, -0.1) is 0 Å². The third kappa shape index (κ3) is 3.11. The lowest BCUT2D eigenvalue weighted by atomic mass is 10.2. The largest absolute Gasteiger partial charge is 0.508 e. The quantitative estimate of drug-likeness (QED) is 0.881. The highest BCUT2D eigenvalue weighted by Gasteiger charge is 2.14. The minimum atomic E-state index is -0.454. The number of carbonyl (C=O) groups excluding carboxylic acids is 1. The van der Waals surface area contributed by atoms with Crippen LogP contribution in [0.1, 0.15) is 28.7 Å². The van der Waals surface area contributed by atoms with Gasteiger partial charge in [-0.25, -0.2) is 4.79 Å². The summed E-state index contributed by atoms with van der Waals surface area (Å²) in [6.45, 7) is 4.21. The molecule has 0 bridgehead atoms. The van der Waals surface area contributed by atoms with Crippen molar-refractivity contribution >= 4 is 17.6 Å². The summed E-state index contributed by atoms with van der Waals surface area (Å²) in [4.78, 5) is 11.6. The molecule has 0 aliphatic carbocycles. The smallest absolute Gasteiger partial charge is 0.358 e. The second-order valence-electron chi connectivity index (χ2n) is 4.32. The molecule has 0 atom stereocenters. The lowest BCUT2D eigenvalue weighted by Crippen LogP contribution is -2.08. The monoisotopic (exact) mass is 294 g/mol. The van der Waals surface area contributed by atoms with Crippen LogP contribution in [0.15, 0.2) is 24.3 Å². The number of aromatic nitrogens is 2. The first-order chi connectivity index (χ1) is 9.51. The predicted octanol–water partition coefficient (Wildman–Crippen LogP) is 2.78. The Balaban J connectivity index is 2.25. The van der Waals surface area contributed by atoms with Crippen LogP contribution in [0.3, 0.4) is 0 Å². The SMILES string of the molecule is CCOC(=O)c1cc(C)n(Cc2cc(Cl)ccc2O)n1. The van der Waals surface area contributed by atoms with Crippen molar-refractivity contribution in [2.24, 2.45) is 0 Å². The van der Waals surface area contributed by atoms with E-state index >= 15 is 0 Å². The summed E-state index contributed by atoms with van der Waals surface area (Å²) < 4.78 is 6.53. The fourth-order valence-corrected chi connectivity index (χ4v) is 2.01. The molecule has 0 aliphatic heterocycles. The molecule has 0 unspecified atom stereocenters. The molecule has 0 aliphatic rings. The molecule has 5 nitrogen and oxygen atoms in total. The molecule has 2 rings (SSSR count). The Bertz CT molecular complexity index is 637. The second-order valence-corrected chi connectivity index (χ2v) is 4.76. The van der Waals surface area contributed by atoms with Crippen molar-refractivity contribution in [2.45, 2.75) is 20.4 Å². The van der Waals surface area contributed by atoms with E-state index in [0.29, 0.717) is 23.7 Å². The van der Waals surface area contributed by atoms with Gasteiger partial charge >= 0.3 is 5.97 Å². The number of hydrogen-bond donors (Lipinski definition) is 1. The van der Waals surface area contributed by atoms with Crippen LogP contribution in [0.2, 0.25) is 5.02 Å². The van der Waals surface area contributed by atoms with Gasteiger partial charge in [0.15, 0.2) is 5.69 Å². The van der Waals surface area contributed by atoms with Crippen LogP contribution in [0, 0.1) is 6.92 Å². The van der Waals surface area contributed by atoms with Gasteiger partial charge in [0.1, 0.15) is 5.75 Å². The van der Waals surface area contributed by atoms with Crippen molar-refractivity contribution in [2.75, 3.05) is 6.61 Å². The first-order valence-corrected chi connectivity index (χ1v) is 6.58. The molecule has 0 fully saturated rings. The van der Waals surface area contributed by atoms with Crippen LogP contribution >= 0.6 is 11.6 Å². The van der Waals surface area contributed by atoms with Gasteiger partial charge in [-0.05, 0) is 38.1 Å². The summed E-state index contributed by atoms with van der Waals surface area (Å²) in [5, 5.41) is 14.5. The molecule has 0 spiro atoms.